The topological polar surface area (TPSA) is 0 Å². The van der Waals surface area contributed by atoms with Gasteiger partial charge in [-0.25, -0.2) is 0 Å². The summed E-state index contributed by atoms with van der Waals surface area (Å²) in [6.07, 6.45) is 2.26. The SMILES string of the molecule is CCCc1cc(-c2ccccc2C)c(C)cc1Sc1cc2ccccc2cc1C. The Labute approximate surface area is 179 Å². The van der Waals surface area contributed by atoms with E-state index >= 15 is 0 Å². The van der Waals surface area contributed by atoms with Crippen molar-refractivity contribution in [3.05, 3.63) is 95.1 Å². The van der Waals surface area contributed by atoms with Gasteiger partial charge in [0.15, 0.2) is 0 Å². The fourth-order valence-electron chi connectivity index (χ4n) is 4.01. The molecule has 0 nitrogen and oxygen atoms in total. The Morgan fingerprint density at radius 3 is 2.03 bits per heavy atom. The normalized spacial score (nSPS) is 11.2. The summed E-state index contributed by atoms with van der Waals surface area (Å²) in [5.74, 6) is 0. The Morgan fingerprint density at radius 2 is 1.31 bits per heavy atom. The van der Waals surface area contributed by atoms with Gasteiger partial charge in [-0.05, 0) is 89.5 Å². The summed E-state index contributed by atoms with van der Waals surface area (Å²) in [6, 6.07) is 26.8. The lowest BCUT2D eigenvalue weighted by atomic mass is 9.94. The molecule has 0 fully saturated rings. The van der Waals surface area contributed by atoms with Gasteiger partial charge < -0.3 is 0 Å². The van der Waals surface area contributed by atoms with E-state index in [0.29, 0.717) is 0 Å². The Hall–Kier alpha value is -2.51. The first-order valence-electron chi connectivity index (χ1n) is 10.4. The molecule has 0 amide bonds. The van der Waals surface area contributed by atoms with Crippen LogP contribution in [0.4, 0.5) is 0 Å². The van der Waals surface area contributed by atoms with Gasteiger partial charge in [-0.1, -0.05) is 79.7 Å². The molecule has 0 aliphatic carbocycles. The molecule has 0 N–H and O–H groups in total. The van der Waals surface area contributed by atoms with Gasteiger partial charge in [0, 0.05) is 9.79 Å². The van der Waals surface area contributed by atoms with E-state index < -0.39 is 0 Å². The molecule has 0 unspecified atom stereocenters. The number of rotatable bonds is 5. The maximum absolute atomic E-state index is 2.43. The van der Waals surface area contributed by atoms with Gasteiger partial charge in [-0.15, -0.1) is 0 Å². The molecule has 0 bridgehead atoms. The highest BCUT2D eigenvalue weighted by Gasteiger charge is 2.13. The molecular formula is C28H28S. The molecule has 0 aliphatic rings. The van der Waals surface area contributed by atoms with Crippen LogP contribution < -0.4 is 0 Å². The predicted molar refractivity (Wildman–Crippen MR) is 128 cm³/mol. The standard InChI is InChI=1S/C28H28S/c1-5-10-24-17-26(25-14-9-6-11-19(25)2)20(3)16-28(24)29-27-18-23-13-8-7-12-22(23)15-21(27)4/h6-9,11-18H,5,10H2,1-4H3. The second-order valence-electron chi connectivity index (χ2n) is 7.91. The van der Waals surface area contributed by atoms with E-state index in [-0.39, 0.29) is 0 Å². The largest absolute Gasteiger partial charge is 0.0895 e. The summed E-state index contributed by atoms with van der Waals surface area (Å²) >= 11 is 1.92. The maximum atomic E-state index is 2.43. The van der Waals surface area contributed by atoms with Gasteiger partial charge >= 0.3 is 0 Å². The van der Waals surface area contributed by atoms with Crippen LogP contribution in [0.3, 0.4) is 0 Å². The van der Waals surface area contributed by atoms with Crippen LogP contribution in [0.5, 0.6) is 0 Å². The van der Waals surface area contributed by atoms with Gasteiger partial charge in [0.25, 0.3) is 0 Å². The van der Waals surface area contributed by atoms with E-state index in [1.54, 1.807) is 0 Å². The zero-order chi connectivity index (χ0) is 20.4. The van der Waals surface area contributed by atoms with Crippen LogP contribution in [0.1, 0.15) is 35.6 Å². The molecule has 0 aliphatic heterocycles. The zero-order valence-electron chi connectivity index (χ0n) is 17.8. The van der Waals surface area contributed by atoms with Crippen molar-refractivity contribution in [2.75, 3.05) is 0 Å². The van der Waals surface area contributed by atoms with Crippen LogP contribution in [0, 0.1) is 20.8 Å². The van der Waals surface area contributed by atoms with E-state index in [2.05, 4.69) is 100 Å². The van der Waals surface area contributed by atoms with Crippen molar-refractivity contribution in [2.24, 2.45) is 0 Å². The molecule has 0 radical (unpaired) electrons. The van der Waals surface area contributed by atoms with Crippen LogP contribution >= 0.6 is 11.8 Å². The molecule has 0 saturated carbocycles. The zero-order valence-corrected chi connectivity index (χ0v) is 18.6. The van der Waals surface area contributed by atoms with Gasteiger partial charge in [-0.3, -0.25) is 0 Å². The molecule has 0 saturated heterocycles. The Morgan fingerprint density at radius 1 is 0.621 bits per heavy atom. The van der Waals surface area contributed by atoms with Gasteiger partial charge in [0.2, 0.25) is 0 Å². The van der Waals surface area contributed by atoms with Crippen molar-refractivity contribution in [3.63, 3.8) is 0 Å². The van der Waals surface area contributed by atoms with E-state index in [9.17, 15) is 0 Å². The minimum absolute atomic E-state index is 1.11. The minimum atomic E-state index is 1.11. The van der Waals surface area contributed by atoms with Crippen LogP contribution in [-0.2, 0) is 6.42 Å². The third-order valence-electron chi connectivity index (χ3n) is 5.63. The molecule has 1 heteroatoms. The van der Waals surface area contributed by atoms with Crippen molar-refractivity contribution in [1.82, 2.24) is 0 Å². The molecule has 0 atom stereocenters. The Bertz CT molecular complexity index is 1170. The van der Waals surface area contributed by atoms with Gasteiger partial charge in [0.05, 0.1) is 0 Å². The van der Waals surface area contributed by atoms with E-state index in [1.165, 1.54) is 53.9 Å². The molecule has 0 heterocycles. The summed E-state index contributed by atoms with van der Waals surface area (Å²) in [5.41, 5.74) is 8.20. The quantitative estimate of drug-likeness (QED) is 0.326. The fourth-order valence-corrected chi connectivity index (χ4v) is 5.18. The van der Waals surface area contributed by atoms with Crippen LogP contribution in [0.2, 0.25) is 0 Å². The molecule has 4 aromatic carbocycles. The Balaban J connectivity index is 1.79. The van der Waals surface area contributed by atoms with Gasteiger partial charge in [0.1, 0.15) is 0 Å². The van der Waals surface area contributed by atoms with Crippen molar-refractivity contribution in [3.8, 4) is 11.1 Å². The second-order valence-corrected chi connectivity index (χ2v) is 8.99. The number of aryl methyl sites for hydroxylation is 4. The lowest BCUT2D eigenvalue weighted by molar-refractivity contribution is 0.899. The third-order valence-corrected chi connectivity index (χ3v) is 6.88. The second kappa shape index (κ2) is 8.47. The third kappa shape index (κ3) is 4.11. The minimum Gasteiger partial charge on any atom is -0.0895 e. The lowest BCUT2D eigenvalue weighted by Gasteiger charge is -2.17. The first-order valence-corrected chi connectivity index (χ1v) is 11.2. The van der Waals surface area contributed by atoms with Gasteiger partial charge in [-0.2, -0.15) is 0 Å². The molecular weight excluding hydrogens is 368 g/mol. The lowest BCUT2D eigenvalue weighted by Crippen LogP contribution is -1.95. The molecule has 29 heavy (non-hydrogen) atoms. The summed E-state index contributed by atoms with van der Waals surface area (Å²) in [5, 5.41) is 2.63. The van der Waals surface area contributed by atoms with Crippen LogP contribution in [-0.4, -0.2) is 0 Å². The summed E-state index contributed by atoms with van der Waals surface area (Å²) in [4.78, 5) is 2.74. The van der Waals surface area contributed by atoms with Crippen molar-refractivity contribution in [1.29, 1.82) is 0 Å². The van der Waals surface area contributed by atoms with Crippen LogP contribution in [0.15, 0.2) is 82.6 Å². The summed E-state index contributed by atoms with van der Waals surface area (Å²) < 4.78 is 0. The average Bonchev–Trinajstić information content (AvgIpc) is 2.71. The first kappa shape index (κ1) is 19.8. The number of hydrogen-bond donors (Lipinski definition) is 0. The van der Waals surface area contributed by atoms with E-state index in [1.807, 2.05) is 11.8 Å². The molecule has 146 valence electrons. The highest BCUT2D eigenvalue weighted by molar-refractivity contribution is 7.99. The van der Waals surface area contributed by atoms with Crippen LogP contribution in [0.25, 0.3) is 21.9 Å². The van der Waals surface area contributed by atoms with Crippen molar-refractivity contribution >= 4 is 22.5 Å². The predicted octanol–water partition coefficient (Wildman–Crippen LogP) is 8.54. The van der Waals surface area contributed by atoms with E-state index in [4.69, 9.17) is 0 Å². The monoisotopic (exact) mass is 396 g/mol. The Kier molecular flexibility index (Phi) is 5.78. The maximum Gasteiger partial charge on any atom is 0.0158 e. The highest BCUT2D eigenvalue weighted by Crippen LogP contribution is 2.39. The number of fused-ring (bicyclic) bond motifs is 1. The molecule has 0 aromatic heterocycles. The average molecular weight is 397 g/mol. The molecule has 4 aromatic rings. The van der Waals surface area contributed by atoms with Crippen molar-refractivity contribution < 1.29 is 0 Å². The van der Waals surface area contributed by atoms with Crippen molar-refractivity contribution in [2.45, 2.75) is 50.3 Å². The number of benzene rings is 4. The number of hydrogen-bond acceptors (Lipinski definition) is 1. The highest BCUT2D eigenvalue weighted by atomic mass is 32.2. The molecule has 0 spiro atoms. The van der Waals surface area contributed by atoms with E-state index in [0.717, 1.165) is 12.8 Å². The smallest absolute Gasteiger partial charge is 0.0158 e. The first-order chi connectivity index (χ1) is 14.1. The fraction of sp³-hybridized carbons (Fsp3) is 0.214. The molecule has 4 rings (SSSR count). The summed E-state index contributed by atoms with van der Waals surface area (Å²) in [6.45, 7) is 8.94. The summed E-state index contributed by atoms with van der Waals surface area (Å²) in [7, 11) is 0.